The summed E-state index contributed by atoms with van der Waals surface area (Å²) in [7, 11) is 0. The van der Waals surface area contributed by atoms with Crippen molar-refractivity contribution in [1.82, 2.24) is 0 Å². The van der Waals surface area contributed by atoms with E-state index in [2.05, 4.69) is 27.7 Å². The molecule has 25 heavy (non-hydrogen) atoms. The number of hydrogen-bond acceptors (Lipinski definition) is 4. The van der Waals surface area contributed by atoms with Gasteiger partial charge in [0, 0.05) is 11.6 Å². The number of ketones is 2. The van der Waals surface area contributed by atoms with Crippen molar-refractivity contribution in [1.29, 1.82) is 0 Å². The average Bonchev–Trinajstić information content (AvgIpc) is 2.51. The van der Waals surface area contributed by atoms with E-state index in [1.54, 1.807) is 0 Å². The molecule has 0 aromatic heterocycles. The Morgan fingerprint density at radius 3 is 2.48 bits per heavy atom. The highest BCUT2D eigenvalue weighted by Gasteiger charge is 2.54. The second-order valence-corrected chi connectivity index (χ2v) is 9.32. The third kappa shape index (κ3) is 2.84. The van der Waals surface area contributed by atoms with E-state index in [1.807, 2.05) is 0 Å². The molecule has 0 spiro atoms. The molecule has 4 heteroatoms. The third-order valence-corrected chi connectivity index (χ3v) is 7.44. The molecule has 138 valence electrons. The SMILES string of the molecule is C[C@@H]1CC[C@@H]2C(C)(C)CCC[C@@]2(C)[C@@H]1CC1=C(O)C(=O)C=C(O)C1=O. The Morgan fingerprint density at radius 2 is 1.80 bits per heavy atom. The fourth-order valence-corrected chi connectivity index (χ4v) is 6.12. The van der Waals surface area contributed by atoms with Crippen molar-refractivity contribution in [2.45, 2.75) is 66.2 Å². The van der Waals surface area contributed by atoms with Crippen molar-refractivity contribution < 1.29 is 19.8 Å². The van der Waals surface area contributed by atoms with E-state index < -0.39 is 23.1 Å². The fraction of sp³-hybridized carbons (Fsp3) is 0.714. The maximum atomic E-state index is 12.4. The van der Waals surface area contributed by atoms with E-state index in [0.29, 0.717) is 18.3 Å². The van der Waals surface area contributed by atoms with E-state index >= 15 is 0 Å². The second kappa shape index (κ2) is 6.00. The van der Waals surface area contributed by atoms with Crippen LogP contribution in [0.4, 0.5) is 0 Å². The minimum Gasteiger partial charge on any atom is -0.504 e. The first-order chi connectivity index (χ1) is 11.6. The van der Waals surface area contributed by atoms with Crippen molar-refractivity contribution >= 4 is 11.6 Å². The van der Waals surface area contributed by atoms with Crippen LogP contribution in [-0.4, -0.2) is 21.8 Å². The molecule has 0 aromatic carbocycles. The summed E-state index contributed by atoms with van der Waals surface area (Å²) in [6.07, 6.45) is 7.01. The Morgan fingerprint density at radius 1 is 1.12 bits per heavy atom. The van der Waals surface area contributed by atoms with Gasteiger partial charge in [-0.1, -0.05) is 40.5 Å². The Bertz CT molecular complexity index is 669. The molecular weight excluding hydrogens is 316 g/mol. The zero-order valence-corrected chi connectivity index (χ0v) is 15.8. The second-order valence-electron chi connectivity index (χ2n) is 9.32. The van der Waals surface area contributed by atoms with Gasteiger partial charge in [-0.3, -0.25) is 9.59 Å². The van der Waals surface area contributed by atoms with Gasteiger partial charge < -0.3 is 10.2 Å². The lowest BCUT2D eigenvalue weighted by Gasteiger charge is -2.59. The van der Waals surface area contributed by atoms with Crippen molar-refractivity contribution in [2.75, 3.05) is 0 Å². The molecule has 3 aliphatic carbocycles. The summed E-state index contributed by atoms with van der Waals surface area (Å²) in [5.41, 5.74) is 0.468. The highest BCUT2D eigenvalue weighted by atomic mass is 16.3. The zero-order valence-electron chi connectivity index (χ0n) is 15.8. The van der Waals surface area contributed by atoms with Crippen LogP contribution in [0.25, 0.3) is 0 Å². The van der Waals surface area contributed by atoms with Gasteiger partial charge in [-0.15, -0.1) is 0 Å². The number of carbonyl (C=O) groups is 2. The number of Topliss-reactive ketones (excluding diaryl/α,β-unsaturated/α-hetero) is 1. The van der Waals surface area contributed by atoms with Gasteiger partial charge in [0.1, 0.15) is 0 Å². The zero-order chi connectivity index (χ0) is 18.6. The number of allylic oxidation sites excluding steroid dienone is 2. The number of carbonyl (C=O) groups excluding carboxylic acids is 2. The number of fused-ring (bicyclic) bond motifs is 1. The van der Waals surface area contributed by atoms with Crippen LogP contribution in [0.1, 0.15) is 66.2 Å². The van der Waals surface area contributed by atoms with Gasteiger partial charge in [0.15, 0.2) is 11.5 Å². The van der Waals surface area contributed by atoms with Crippen molar-refractivity contribution in [3.05, 3.63) is 23.2 Å². The van der Waals surface area contributed by atoms with Crippen LogP contribution in [0.3, 0.4) is 0 Å². The van der Waals surface area contributed by atoms with E-state index in [4.69, 9.17) is 0 Å². The predicted molar refractivity (Wildman–Crippen MR) is 96.1 cm³/mol. The molecule has 0 radical (unpaired) electrons. The number of rotatable bonds is 2. The van der Waals surface area contributed by atoms with Crippen LogP contribution >= 0.6 is 0 Å². The molecule has 0 unspecified atom stereocenters. The summed E-state index contributed by atoms with van der Waals surface area (Å²) in [5.74, 6) is -1.05. The summed E-state index contributed by atoms with van der Waals surface area (Å²) in [6.45, 7) is 9.25. The van der Waals surface area contributed by atoms with Gasteiger partial charge in [-0.2, -0.15) is 0 Å². The molecule has 2 N–H and O–H groups in total. The van der Waals surface area contributed by atoms with Crippen LogP contribution in [0.15, 0.2) is 23.2 Å². The van der Waals surface area contributed by atoms with Crippen molar-refractivity contribution in [3.63, 3.8) is 0 Å². The first-order valence-electron chi connectivity index (χ1n) is 9.49. The summed E-state index contributed by atoms with van der Waals surface area (Å²) in [6, 6.07) is 0. The average molecular weight is 346 g/mol. The molecule has 0 bridgehead atoms. The topological polar surface area (TPSA) is 74.6 Å². The highest BCUT2D eigenvalue weighted by Crippen LogP contribution is 2.62. The normalized spacial score (nSPS) is 38.4. The van der Waals surface area contributed by atoms with Crippen LogP contribution in [0.5, 0.6) is 0 Å². The number of hydrogen-bond donors (Lipinski definition) is 2. The summed E-state index contributed by atoms with van der Waals surface area (Å²) in [4.78, 5) is 24.2. The van der Waals surface area contributed by atoms with Crippen LogP contribution in [0.2, 0.25) is 0 Å². The van der Waals surface area contributed by atoms with Crippen LogP contribution < -0.4 is 0 Å². The molecule has 3 rings (SSSR count). The monoisotopic (exact) mass is 346 g/mol. The molecule has 4 atom stereocenters. The minimum absolute atomic E-state index is 0.0901. The standard InChI is InChI=1S/C21H30O4/c1-12-6-7-17-20(2,3)8-5-9-21(17,4)14(12)10-13-18(24)15(22)11-16(23)19(13)25/h11-12,14,17,22,25H,5-10H2,1-4H3/t12-,14-,17-,21+/m1/s1. The van der Waals surface area contributed by atoms with Crippen LogP contribution in [0, 0.1) is 28.6 Å². The smallest absolute Gasteiger partial charge is 0.227 e. The summed E-state index contributed by atoms with van der Waals surface area (Å²) < 4.78 is 0. The fourth-order valence-electron chi connectivity index (χ4n) is 6.12. The number of aliphatic hydroxyl groups excluding tert-OH is 2. The Labute approximate surface area is 150 Å². The maximum Gasteiger partial charge on any atom is 0.227 e. The lowest BCUT2D eigenvalue weighted by atomic mass is 9.46. The summed E-state index contributed by atoms with van der Waals surface area (Å²) in [5, 5.41) is 19.9. The van der Waals surface area contributed by atoms with Gasteiger partial charge in [0.25, 0.3) is 0 Å². The molecule has 0 aromatic rings. The Balaban J connectivity index is 1.96. The lowest BCUT2D eigenvalue weighted by molar-refractivity contribution is -0.120. The third-order valence-electron chi connectivity index (χ3n) is 7.44. The van der Waals surface area contributed by atoms with Crippen LogP contribution in [-0.2, 0) is 9.59 Å². The van der Waals surface area contributed by atoms with Gasteiger partial charge in [-0.25, -0.2) is 0 Å². The van der Waals surface area contributed by atoms with Crippen molar-refractivity contribution in [3.8, 4) is 0 Å². The largest absolute Gasteiger partial charge is 0.504 e. The molecule has 0 heterocycles. The lowest BCUT2D eigenvalue weighted by Crippen LogP contribution is -2.51. The molecule has 0 aliphatic heterocycles. The molecule has 0 amide bonds. The van der Waals surface area contributed by atoms with E-state index in [1.165, 1.54) is 19.3 Å². The van der Waals surface area contributed by atoms with Crippen molar-refractivity contribution in [2.24, 2.45) is 28.6 Å². The quantitative estimate of drug-likeness (QED) is 0.713. The van der Waals surface area contributed by atoms with E-state index in [-0.39, 0.29) is 22.3 Å². The Kier molecular flexibility index (Phi) is 4.37. The molecule has 2 fully saturated rings. The molecule has 0 saturated heterocycles. The maximum absolute atomic E-state index is 12.4. The first-order valence-corrected chi connectivity index (χ1v) is 9.49. The van der Waals surface area contributed by atoms with Gasteiger partial charge in [0.2, 0.25) is 11.6 Å². The predicted octanol–water partition coefficient (Wildman–Crippen LogP) is 4.66. The highest BCUT2D eigenvalue weighted by molar-refractivity contribution is 6.20. The first kappa shape index (κ1) is 18.2. The minimum atomic E-state index is -0.666. The molecule has 3 aliphatic rings. The summed E-state index contributed by atoms with van der Waals surface area (Å²) >= 11 is 0. The van der Waals surface area contributed by atoms with Gasteiger partial charge >= 0.3 is 0 Å². The Hall–Kier alpha value is -1.58. The number of aliphatic hydroxyl groups is 2. The molecule has 2 saturated carbocycles. The molecular formula is C21H30O4. The van der Waals surface area contributed by atoms with Gasteiger partial charge in [-0.05, 0) is 54.3 Å². The van der Waals surface area contributed by atoms with E-state index in [9.17, 15) is 19.8 Å². The van der Waals surface area contributed by atoms with E-state index in [0.717, 1.165) is 18.9 Å². The van der Waals surface area contributed by atoms with Gasteiger partial charge in [0.05, 0.1) is 0 Å². The molecule has 4 nitrogen and oxygen atoms in total.